The van der Waals surface area contributed by atoms with Crippen molar-refractivity contribution in [2.45, 2.75) is 25.7 Å². The topological polar surface area (TPSA) is 58.0 Å². The van der Waals surface area contributed by atoms with Crippen LogP contribution in [0.5, 0.6) is 0 Å². The summed E-state index contributed by atoms with van der Waals surface area (Å²) >= 11 is 0. The van der Waals surface area contributed by atoms with Crippen LogP contribution in [0.15, 0.2) is 35.4 Å². The number of nitrogens with zero attached hydrogens (tertiary/aromatic N) is 3. The van der Waals surface area contributed by atoms with E-state index < -0.39 is 8.32 Å². The first-order valence-electron chi connectivity index (χ1n) is 5.26. The third-order valence-corrected chi connectivity index (χ3v) is 2.97. The molecule has 0 fully saturated rings. The van der Waals surface area contributed by atoms with Crippen molar-refractivity contribution in [1.29, 1.82) is 0 Å². The van der Waals surface area contributed by atoms with Gasteiger partial charge in [-0.05, 0) is 30.7 Å². The molecule has 0 aliphatic rings. The molecule has 1 unspecified atom stereocenters. The van der Waals surface area contributed by atoms with Gasteiger partial charge in [0, 0.05) is 4.91 Å². The zero-order valence-corrected chi connectivity index (χ0v) is 10.9. The average Bonchev–Trinajstić information content (AvgIpc) is 2.24. The average molecular weight is 235 g/mol. The summed E-state index contributed by atoms with van der Waals surface area (Å²) in [5.74, 6) is 0. The molecule has 0 aliphatic carbocycles. The number of rotatable bonds is 5. The van der Waals surface area contributed by atoms with Crippen LogP contribution in [0.3, 0.4) is 0 Å². The molecule has 0 aromatic heterocycles. The minimum atomic E-state index is -1.64. The number of azide groups is 1. The Bertz CT molecular complexity index is 369. The molecule has 86 valence electrons. The lowest BCUT2D eigenvalue weighted by Gasteiger charge is -2.25. The Kier molecular flexibility index (Phi) is 4.55. The lowest BCUT2D eigenvalue weighted by atomic mass is 10.1. The highest BCUT2D eigenvalue weighted by atomic mass is 28.4. The van der Waals surface area contributed by atoms with Crippen molar-refractivity contribution in [2.75, 3.05) is 6.54 Å². The summed E-state index contributed by atoms with van der Waals surface area (Å²) in [5, 5.41) is 3.61. The molecule has 0 spiro atoms. The van der Waals surface area contributed by atoms with Gasteiger partial charge in [-0.3, -0.25) is 0 Å². The minimum absolute atomic E-state index is 0.122. The van der Waals surface area contributed by atoms with Crippen molar-refractivity contribution in [3.05, 3.63) is 46.3 Å². The quantitative estimate of drug-likeness (QED) is 0.330. The van der Waals surface area contributed by atoms with Gasteiger partial charge in [-0.2, -0.15) is 0 Å². The molecular weight excluding hydrogens is 218 g/mol. The number of benzene rings is 1. The number of hydrogen-bond donors (Lipinski definition) is 0. The fourth-order valence-corrected chi connectivity index (χ4v) is 2.48. The Balaban J connectivity index is 2.83. The fraction of sp³-hybridized carbons (Fsp3) is 0.455. The van der Waals surface area contributed by atoms with Crippen LogP contribution in [0.2, 0.25) is 19.6 Å². The monoisotopic (exact) mass is 235 g/mol. The van der Waals surface area contributed by atoms with Crippen molar-refractivity contribution in [3.63, 3.8) is 0 Å². The highest BCUT2D eigenvalue weighted by molar-refractivity contribution is 6.69. The van der Waals surface area contributed by atoms with Crippen molar-refractivity contribution < 1.29 is 4.43 Å². The van der Waals surface area contributed by atoms with E-state index in [0.717, 1.165) is 5.56 Å². The lowest BCUT2D eigenvalue weighted by molar-refractivity contribution is 0.206. The summed E-state index contributed by atoms with van der Waals surface area (Å²) < 4.78 is 6.00. The van der Waals surface area contributed by atoms with Gasteiger partial charge in [-0.1, -0.05) is 35.4 Å². The van der Waals surface area contributed by atoms with Gasteiger partial charge in [-0.15, -0.1) is 0 Å². The van der Waals surface area contributed by atoms with Crippen molar-refractivity contribution in [3.8, 4) is 0 Å². The van der Waals surface area contributed by atoms with Gasteiger partial charge in [0.1, 0.15) is 0 Å². The highest BCUT2D eigenvalue weighted by Gasteiger charge is 2.21. The summed E-state index contributed by atoms with van der Waals surface area (Å²) in [5.41, 5.74) is 9.44. The Hall–Kier alpha value is -1.29. The van der Waals surface area contributed by atoms with Crippen molar-refractivity contribution >= 4 is 8.32 Å². The zero-order valence-electron chi connectivity index (χ0n) is 9.92. The van der Waals surface area contributed by atoms with Crippen LogP contribution < -0.4 is 0 Å². The van der Waals surface area contributed by atoms with E-state index in [-0.39, 0.29) is 6.10 Å². The molecule has 0 saturated heterocycles. The van der Waals surface area contributed by atoms with E-state index in [1.54, 1.807) is 0 Å². The van der Waals surface area contributed by atoms with Crippen LogP contribution in [-0.4, -0.2) is 14.9 Å². The molecule has 1 rings (SSSR count). The summed E-state index contributed by atoms with van der Waals surface area (Å²) in [6.45, 7) is 6.72. The molecule has 0 bridgehead atoms. The molecule has 1 aromatic carbocycles. The Morgan fingerprint density at radius 3 is 2.44 bits per heavy atom. The SMILES string of the molecule is C[Si](C)(C)OC(CN=[N+]=[N-])c1ccccc1. The molecule has 0 radical (unpaired) electrons. The minimum Gasteiger partial charge on any atom is -0.411 e. The highest BCUT2D eigenvalue weighted by Crippen LogP contribution is 2.22. The van der Waals surface area contributed by atoms with Gasteiger partial charge in [0.2, 0.25) is 0 Å². The third-order valence-electron chi connectivity index (χ3n) is 1.98. The summed E-state index contributed by atoms with van der Waals surface area (Å²) in [4.78, 5) is 2.79. The maximum atomic E-state index is 8.37. The van der Waals surface area contributed by atoms with Gasteiger partial charge in [-0.25, -0.2) is 0 Å². The predicted octanol–water partition coefficient (Wildman–Crippen LogP) is 3.89. The molecule has 0 N–H and O–H groups in total. The Morgan fingerprint density at radius 1 is 1.31 bits per heavy atom. The molecule has 5 heteroatoms. The third kappa shape index (κ3) is 4.48. The zero-order chi connectivity index (χ0) is 12.0. The molecule has 4 nitrogen and oxygen atoms in total. The smallest absolute Gasteiger partial charge is 0.184 e. The fourth-order valence-electron chi connectivity index (χ4n) is 1.42. The van der Waals surface area contributed by atoms with E-state index in [1.165, 1.54) is 0 Å². The van der Waals surface area contributed by atoms with Gasteiger partial charge >= 0.3 is 0 Å². The molecule has 0 saturated carbocycles. The van der Waals surface area contributed by atoms with Gasteiger partial charge in [0.25, 0.3) is 0 Å². The van der Waals surface area contributed by atoms with Crippen LogP contribution in [0.4, 0.5) is 0 Å². The van der Waals surface area contributed by atoms with E-state index in [9.17, 15) is 0 Å². The van der Waals surface area contributed by atoms with Crippen LogP contribution in [-0.2, 0) is 4.43 Å². The first-order valence-corrected chi connectivity index (χ1v) is 8.67. The van der Waals surface area contributed by atoms with E-state index in [2.05, 4.69) is 29.7 Å². The standard InChI is InChI=1S/C11H17N3OSi/c1-16(2,3)15-11(9-13-14-12)10-7-5-4-6-8-10/h4-8,11H,9H2,1-3H3. The maximum Gasteiger partial charge on any atom is 0.184 e. The predicted molar refractivity (Wildman–Crippen MR) is 67.6 cm³/mol. The number of hydrogen-bond acceptors (Lipinski definition) is 2. The molecule has 16 heavy (non-hydrogen) atoms. The van der Waals surface area contributed by atoms with Crippen LogP contribution in [0, 0.1) is 0 Å². The van der Waals surface area contributed by atoms with Crippen LogP contribution in [0.1, 0.15) is 11.7 Å². The summed E-state index contributed by atoms with van der Waals surface area (Å²) in [6, 6.07) is 9.88. The van der Waals surface area contributed by atoms with Crippen molar-refractivity contribution in [2.24, 2.45) is 5.11 Å². The first kappa shape index (κ1) is 12.8. The molecule has 1 atom stereocenters. The summed E-state index contributed by atoms with van der Waals surface area (Å²) in [7, 11) is -1.64. The normalized spacial score (nSPS) is 12.9. The molecular formula is C11H17N3OSi. The van der Waals surface area contributed by atoms with E-state index in [0.29, 0.717) is 6.54 Å². The lowest BCUT2D eigenvalue weighted by Crippen LogP contribution is -2.29. The molecule has 1 aromatic rings. The molecule has 0 amide bonds. The second-order valence-corrected chi connectivity index (χ2v) is 9.00. The first-order chi connectivity index (χ1) is 7.53. The van der Waals surface area contributed by atoms with Gasteiger partial charge in [0.15, 0.2) is 8.32 Å². The Morgan fingerprint density at radius 2 is 1.94 bits per heavy atom. The van der Waals surface area contributed by atoms with Crippen LogP contribution >= 0.6 is 0 Å². The van der Waals surface area contributed by atoms with E-state index in [4.69, 9.17) is 9.96 Å². The second kappa shape index (κ2) is 5.70. The van der Waals surface area contributed by atoms with Gasteiger partial charge in [0.05, 0.1) is 12.6 Å². The Labute approximate surface area is 97.0 Å². The van der Waals surface area contributed by atoms with Crippen molar-refractivity contribution in [1.82, 2.24) is 0 Å². The van der Waals surface area contributed by atoms with Crippen LogP contribution in [0.25, 0.3) is 10.4 Å². The molecule has 0 aliphatic heterocycles. The van der Waals surface area contributed by atoms with E-state index in [1.807, 2.05) is 30.3 Å². The largest absolute Gasteiger partial charge is 0.411 e. The molecule has 0 heterocycles. The summed E-state index contributed by atoms with van der Waals surface area (Å²) in [6.07, 6.45) is -0.122. The van der Waals surface area contributed by atoms with E-state index >= 15 is 0 Å². The van der Waals surface area contributed by atoms with Gasteiger partial charge < -0.3 is 4.43 Å². The maximum absolute atomic E-state index is 8.37. The second-order valence-electron chi connectivity index (χ2n) is 4.54.